The normalized spacial score (nSPS) is 10.7. The first-order valence-electron chi connectivity index (χ1n) is 7.47. The highest BCUT2D eigenvalue weighted by molar-refractivity contribution is 9.10. The number of hydrogen-bond acceptors (Lipinski definition) is 3. The predicted molar refractivity (Wildman–Crippen MR) is 103 cm³/mol. The molecule has 0 spiro atoms. The summed E-state index contributed by atoms with van der Waals surface area (Å²) >= 11 is 15.4. The van der Waals surface area contributed by atoms with Gasteiger partial charge in [-0.2, -0.15) is 0 Å². The van der Waals surface area contributed by atoms with Crippen molar-refractivity contribution in [2.45, 2.75) is 12.8 Å². The maximum atomic E-state index is 12.1. The highest BCUT2D eigenvalue weighted by Crippen LogP contribution is 2.29. The summed E-state index contributed by atoms with van der Waals surface area (Å²) in [5, 5.41) is 3.46. The topological polar surface area (TPSA) is 55.1 Å². The summed E-state index contributed by atoms with van der Waals surface area (Å²) in [6, 6.07) is 12.8. The van der Waals surface area contributed by atoms with Crippen LogP contribution in [0.4, 0.5) is 5.69 Å². The first-order chi connectivity index (χ1) is 12.0. The van der Waals surface area contributed by atoms with E-state index in [1.165, 1.54) is 0 Å². The molecule has 0 bridgehead atoms. The van der Waals surface area contributed by atoms with Gasteiger partial charge in [0.05, 0.1) is 21.9 Å². The predicted octanol–water partition coefficient (Wildman–Crippen LogP) is 5.98. The molecule has 128 valence electrons. The largest absolute Gasteiger partial charge is 0.441 e. The fraction of sp³-hybridized carbons (Fsp3) is 0.111. The summed E-state index contributed by atoms with van der Waals surface area (Å²) in [6.07, 6.45) is 2.27. The third kappa shape index (κ3) is 4.63. The van der Waals surface area contributed by atoms with E-state index in [0.717, 1.165) is 10.0 Å². The molecule has 1 amide bonds. The van der Waals surface area contributed by atoms with Gasteiger partial charge in [-0.3, -0.25) is 4.79 Å². The second-order valence-electron chi connectivity index (χ2n) is 5.27. The van der Waals surface area contributed by atoms with Crippen molar-refractivity contribution < 1.29 is 9.21 Å². The van der Waals surface area contributed by atoms with Gasteiger partial charge in [-0.05, 0) is 24.3 Å². The molecule has 3 rings (SSSR count). The van der Waals surface area contributed by atoms with Crippen LogP contribution in [0.3, 0.4) is 0 Å². The molecule has 1 aromatic heterocycles. The van der Waals surface area contributed by atoms with Crippen molar-refractivity contribution >= 4 is 50.7 Å². The van der Waals surface area contributed by atoms with Gasteiger partial charge >= 0.3 is 0 Å². The molecule has 0 saturated heterocycles. The Hall–Kier alpha value is -1.82. The van der Waals surface area contributed by atoms with Crippen LogP contribution < -0.4 is 5.32 Å². The number of rotatable bonds is 5. The van der Waals surface area contributed by atoms with E-state index < -0.39 is 0 Å². The van der Waals surface area contributed by atoms with Gasteiger partial charge in [0.1, 0.15) is 0 Å². The highest BCUT2D eigenvalue weighted by atomic mass is 79.9. The van der Waals surface area contributed by atoms with Crippen LogP contribution in [0.1, 0.15) is 12.3 Å². The lowest BCUT2D eigenvalue weighted by atomic mass is 10.2. The van der Waals surface area contributed by atoms with E-state index in [2.05, 4.69) is 26.2 Å². The van der Waals surface area contributed by atoms with Gasteiger partial charge in [0, 0.05) is 22.9 Å². The van der Waals surface area contributed by atoms with Gasteiger partial charge in [0.25, 0.3) is 0 Å². The van der Waals surface area contributed by atoms with Crippen molar-refractivity contribution in [3.05, 3.63) is 69.1 Å². The summed E-state index contributed by atoms with van der Waals surface area (Å²) in [5.74, 6) is 0.985. The molecule has 4 nitrogen and oxygen atoms in total. The molecule has 0 aliphatic carbocycles. The molecule has 1 heterocycles. The Kier molecular flexibility index (Phi) is 5.78. The molecule has 2 aromatic carbocycles. The summed E-state index contributed by atoms with van der Waals surface area (Å²) in [4.78, 5) is 16.3. The molecule has 1 N–H and O–H groups in total. The molecule has 0 atom stereocenters. The smallest absolute Gasteiger partial charge is 0.224 e. The zero-order valence-electron chi connectivity index (χ0n) is 12.9. The van der Waals surface area contributed by atoms with E-state index in [-0.39, 0.29) is 12.3 Å². The van der Waals surface area contributed by atoms with Gasteiger partial charge in [-0.25, -0.2) is 4.98 Å². The number of nitrogens with zero attached hydrogens (tertiary/aromatic N) is 1. The zero-order valence-corrected chi connectivity index (χ0v) is 16.0. The lowest BCUT2D eigenvalue weighted by molar-refractivity contribution is -0.116. The van der Waals surface area contributed by atoms with E-state index in [1.807, 2.05) is 24.3 Å². The second kappa shape index (κ2) is 8.04. The van der Waals surface area contributed by atoms with Crippen molar-refractivity contribution in [3.8, 4) is 11.3 Å². The number of aryl methyl sites for hydroxylation is 1. The first kappa shape index (κ1) is 18.0. The van der Waals surface area contributed by atoms with Gasteiger partial charge in [-0.1, -0.05) is 57.3 Å². The third-order valence-electron chi connectivity index (χ3n) is 3.47. The molecule has 0 aliphatic heterocycles. The zero-order chi connectivity index (χ0) is 17.8. The van der Waals surface area contributed by atoms with Crippen LogP contribution in [-0.2, 0) is 11.2 Å². The SMILES string of the molecule is O=C(CCc1ncc(-c2ccc(Br)cc2)o1)Nc1cccc(Cl)c1Cl. The number of carbonyl (C=O) groups is 1. The van der Waals surface area contributed by atoms with Crippen LogP contribution in [0.2, 0.25) is 10.0 Å². The van der Waals surface area contributed by atoms with Gasteiger partial charge < -0.3 is 9.73 Å². The Morgan fingerprint density at radius 2 is 1.92 bits per heavy atom. The van der Waals surface area contributed by atoms with Crippen molar-refractivity contribution in [2.24, 2.45) is 0 Å². The van der Waals surface area contributed by atoms with E-state index in [9.17, 15) is 4.79 Å². The molecular weight excluding hydrogens is 427 g/mol. The van der Waals surface area contributed by atoms with Crippen LogP contribution in [-0.4, -0.2) is 10.9 Å². The number of aromatic nitrogens is 1. The molecule has 0 unspecified atom stereocenters. The summed E-state index contributed by atoms with van der Waals surface area (Å²) in [7, 11) is 0. The minimum Gasteiger partial charge on any atom is -0.441 e. The van der Waals surface area contributed by atoms with Crippen molar-refractivity contribution in [1.29, 1.82) is 0 Å². The van der Waals surface area contributed by atoms with Crippen LogP contribution in [0, 0.1) is 0 Å². The fourth-order valence-corrected chi connectivity index (χ4v) is 2.82. The number of carbonyl (C=O) groups excluding carboxylic acids is 1. The monoisotopic (exact) mass is 438 g/mol. The molecular formula is C18H13BrCl2N2O2. The number of nitrogens with one attached hydrogen (secondary N) is 1. The number of hydrogen-bond donors (Lipinski definition) is 1. The Labute approximate surface area is 163 Å². The lowest BCUT2D eigenvalue weighted by Crippen LogP contribution is -2.12. The second-order valence-corrected chi connectivity index (χ2v) is 6.98. The van der Waals surface area contributed by atoms with Crippen LogP contribution >= 0.6 is 39.1 Å². The maximum Gasteiger partial charge on any atom is 0.224 e. The van der Waals surface area contributed by atoms with Gasteiger partial charge in [0.2, 0.25) is 5.91 Å². The molecule has 0 radical (unpaired) electrons. The average Bonchev–Trinajstić information content (AvgIpc) is 3.07. The quantitative estimate of drug-likeness (QED) is 0.531. The molecule has 0 aliphatic rings. The number of benzene rings is 2. The van der Waals surface area contributed by atoms with Crippen LogP contribution in [0.25, 0.3) is 11.3 Å². The Balaban J connectivity index is 1.59. The standard InChI is InChI=1S/C18H13BrCl2N2O2/c19-12-6-4-11(5-7-12)15-10-22-17(25-15)9-8-16(24)23-14-3-1-2-13(20)18(14)21/h1-7,10H,8-9H2,(H,23,24). The van der Waals surface area contributed by atoms with Crippen molar-refractivity contribution in [2.75, 3.05) is 5.32 Å². The van der Waals surface area contributed by atoms with Crippen molar-refractivity contribution in [3.63, 3.8) is 0 Å². The summed E-state index contributed by atoms with van der Waals surface area (Å²) < 4.78 is 6.69. The minimum absolute atomic E-state index is 0.187. The highest BCUT2D eigenvalue weighted by Gasteiger charge is 2.11. The molecule has 7 heteroatoms. The Morgan fingerprint density at radius 3 is 2.68 bits per heavy atom. The Morgan fingerprint density at radius 1 is 1.16 bits per heavy atom. The maximum absolute atomic E-state index is 12.1. The van der Waals surface area contributed by atoms with Crippen LogP contribution in [0.15, 0.2) is 57.6 Å². The number of amides is 1. The lowest BCUT2D eigenvalue weighted by Gasteiger charge is -2.07. The van der Waals surface area contributed by atoms with Crippen molar-refractivity contribution in [1.82, 2.24) is 4.98 Å². The van der Waals surface area contributed by atoms with E-state index in [1.54, 1.807) is 24.4 Å². The minimum atomic E-state index is -0.187. The summed E-state index contributed by atoms with van der Waals surface area (Å²) in [5.41, 5.74) is 1.42. The van der Waals surface area contributed by atoms with Gasteiger partial charge in [0.15, 0.2) is 11.7 Å². The number of oxazole rings is 1. The molecule has 3 aromatic rings. The third-order valence-corrected chi connectivity index (χ3v) is 4.82. The first-order valence-corrected chi connectivity index (χ1v) is 9.02. The number of halogens is 3. The van der Waals surface area contributed by atoms with E-state index >= 15 is 0 Å². The number of anilines is 1. The van der Waals surface area contributed by atoms with E-state index in [0.29, 0.717) is 33.8 Å². The average molecular weight is 440 g/mol. The summed E-state index contributed by atoms with van der Waals surface area (Å²) in [6.45, 7) is 0. The van der Waals surface area contributed by atoms with Crippen LogP contribution in [0.5, 0.6) is 0 Å². The Bertz CT molecular complexity index is 894. The molecule has 0 saturated carbocycles. The molecule has 0 fully saturated rings. The molecule has 25 heavy (non-hydrogen) atoms. The van der Waals surface area contributed by atoms with E-state index in [4.69, 9.17) is 27.6 Å². The van der Waals surface area contributed by atoms with Gasteiger partial charge in [-0.15, -0.1) is 0 Å². The fourth-order valence-electron chi connectivity index (χ4n) is 2.21.